The minimum absolute atomic E-state index is 0.983. The molecule has 0 aromatic heterocycles. The van der Waals surface area contributed by atoms with Crippen molar-refractivity contribution in [2.75, 3.05) is 0 Å². The van der Waals surface area contributed by atoms with E-state index in [9.17, 15) is 0 Å². The molecule has 0 saturated heterocycles. The molecule has 4 unspecified atom stereocenters. The Morgan fingerprint density at radius 1 is 1.08 bits per heavy atom. The molecular formula is C13H20. The van der Waals surface area contributed by atoms with Gasteiger partial charge in [0.15, 0.2) is 0 Å². The maximum Gasteiger partial charge on any atom is -0.0162 e. The lowest BCUT2D eigenvalue weighted by molar-refractivity contribution is 0.290. The van der Waals surface area contributed by atoms with Crippen molar-refractivity contribution in [1.29, 1.82) is 0 Å². The smallest absolute Gasteiger partial charge is 0.0162 e. The maximum atomic E-state index is 2.52. The first kappa shape index (κ1) is 8.08. The van der Waals surface area contributed by atoms with Gasteiger partial charge >= 0.3 is 0 Å². The topological polar surface area (TPSA) is 0 Å². The molecule has 3 aliphatic rings. The van der Waals surface area contributed by atoms with Gasteiger partial charge in [0, 0.05) is 0 Å². The van der Waals surface area contributed by atoms with E-state index in [1.165, 1.54) is 19.3 Å². The van der Waals surface area contributed by atoms with Gasteiger partial charge in [0.25, 0.3) is 0 Å². The second-order valence-corrected chi connectivity index (χ2v) is 5.36. The van der Waals surface area contributed by atoms with E-state index in [0.717, 1.165) is 35.5 Å². The number of fused-ring (bicyclic) bond motifs is 1. The van der Waals surface area contributed by atoms with Gasteiger partial charge in [-0.25, -0.2) is 0 Å². The van der Waals surface area contributed by atoms with Crippen LogP contribution in [-0.4, -0.2) is 0 Å². The van der Waals surface area contributed by atoms with E-state index in [-0.39, 0.29) is 0 Å². The third-order valence-electron chi connectivity index (χ3n) is 4.86. The van der Waals surface area contributed by atoms with Crippen LogP contribution in [0.3, 0.4) is 0 Å². The fraction of sp³-hybridized carbons (Fsp3) is 0.846. The molecule has 72 valence electrons. The molecule has 0 spiro atoms. The van der Waals surface area contributed by atoms with Crippen LogP contribution in [0.2, 0.25) is 0 Å². The second kappa shape index (κ2) is 2.62. The molecule has 0 nitrogen and oxygen atoms in total. The Bertz CT molecular complexity index is 238. The SMILES string of the molecule is CCCCC1C2C3C(C=C[C@H]32)[C@@H]1C. The summed E-state index contributed by atoms with van der Waals surface area (Å²) < 4.78 is 0. The quantitative estimate of drug-likeness (QED) is 0.577. The molecule has 0 heteroatoms. The second-order valence-electron chi connectivity index (χ2n) is 5.36. The lowest BCUT2D eigenvalue weighted by atomic mass is 9.84. The molecule has 2 fully saturated rings. The van der Waals surface area contributed by atoms with E-state index in [1.807, 2.05) is 0 Å². The Morgan fingerprint density at radius 3 is 2.54 bits per heavy atom. The molecule has 0 aliphatic heterocycles. The maximum absolute atomic E-state index is 2.52. The number of unbranched alkanes of at least 4 members (excludes halogenated alkanes) is 1. The van der Waals surface area contributed by atoms with Crippen LogP contribution >= 0.6 is 0 Å². The molecule has 2 saturated carbocycles. The van der Waals surface area contributed by atoms with Crippen molar-refractivity contribution >= 4 is 0 Å². The van der Waals surface area contributed by atoms with Gasteiger partial charge in [-0.1, -0.05) is 38.8 Å². The molecule has 13 heavy (non-hydrogen) atoms. The van der Waals surface area contributed by atoms with E-state index in [4.69, 9.17) is 0 Å². The lowest BCUT2D eigenvalue weighted by Crippen LogP contribution is -2.14. The van der Waals surface area contributed by atoms with E-state index in [2.05, 4.69) is 26.0 Å². The summed E-state index contributed by atoms with van der Waals surface area (Å²) in [6, 6.07) is 0. The standard InChI is InChI=1S/C13H20/c1-3-4-5-9-8(2)10-6-7-11-12(9)13(10)11/h6-13H,3-5H2,1-2H3/t8-,9?,10?,11+,12?,13?/m1/s1. The first-order valence-electron chi connectivity index (χ1n) is 6.03. The zero-order valence-electron chi connectivity index (χ0n) is 8.74. The average molecular weight is 176 g/mol. The predicted octanol–water partition coefficient (Wildman–Crippen LogP) is 3.49. The summed E-state index contributed by atoms with van der Waals surface area (Å²) in [5, 5.41) is 0. The van der Waals surface area contributed by atoms with Gasteiger partial charge in [0.05, 0.1) is 0 Å². The minimum atomic E-state index is 0.983. The van der Waals surface area contributed by atoms with Crippen molar-refractivity contribution in [3.63, 3.8) is 0 Å². The molecule has 0 heterocycles. The van der Waals surface area contributed by atoms with Crippen LogP contribution in [0.1, 0.15) is 33.1 Å². The van der Waals surface area contributed by atoms with Crippen LogP contribution in [0.4, 0.5) is 0 Å². The van der Waals surface area contributed by atoms with Crippen molar-refractivity contribution in [3.8, 4) is 0 Å². The van der Waals surface area contributed by atoms with Crippen molar-refractivity contribution in [3.05, 3.63) is 12.2 Å². The van der Waals surface area contributed by atoms with Gasteiger partial charge in [0.2, 0.25) is 0 Å². The number of allylic oxidation sites excluding steroid dienone is 2. The fourth-order valence-corrected chi connectivity index (χ4v) is 4.17. The molecule has 0 aromatic rings. The molecular weight excluding hydrogens is 156 g/mol. The third-order valence-corrected chi connectivity index (χ3v) is 4.86. The Balaban J connectivity index is 1.71. The average Bonchev–Trinajstić information content (AvgIpc) is 2.60. The Morgan fingerprint density at radius 2 is 1.85 bits per heavy atom. The first-order chi connectivity index (χ1) is 6.34. The number of hydrogen-bond donors (Lipinski definition) is 0. The van der Waals surface area contributed by atoms with Crippen LogP contribution in [0.25, 0.3) is 0 Å². The molecule has 0 amide bonds. The Kier molecular flexibility index (Phi) is 1.63. The summed E-state index contributed by atoms with van der Waals surface area (Å²) >= 11 is 0. The summed E-state index contributed by atoms with van der Waals surface area (Å²) in [4.78, 5) is 0. The van der Waals surface area contributed by atoms with Crippen LogP contribution in [-0.2, 0) is 0 Å². The van der Waals surface area contributed by atoms with Crippen LogP contribution in [0.5, 0.6) is 0 Å². The van der Waals surface area contributed by atoms with Gasteiger partial charge in [-0.3, -0.25) is 0 Å². The van der Waals surface area contributed by atoms with Crippen LogP contribution in [0, 0.1) is 35.5 Å². The summed E-state index contributed by atoms with van der Waals surface area (Å²) in [6.45, 7) is 4.81. The van der Waals surface area contributed by atoms with Gasteiger partial charge in [-0.15, -0.1) is 0 Å². The molecule has 0 radical (unpaired) electrons. The zero-order valence-corrected chi connectivity index (χ0v) is 8.74. The van der Waals surface area contributed by atoms with E-state index < -0.39 is 0 Å². The first-order valence-corrected chi connectivity index (χ1v) is 6.03. The summed E-state index contributed by atoms with van der Waals surface area (Å²) in [5.41, 5.74) is 0. The van der Waals surface area contributed by atoms with E-state index in [1.54, 1.807) is 0 Å². The zero-order chi connectivity index (χ0) is 9.00. The van der Waals surface area contributed by atoms with Crippen LogP contribution < -0.4 is 0 Å². The highest BCUT2D eigenvalue weighted by Crippen LogP contribution is 2.70. The highest BCUT2D eigenvalue weighted by atomic mass is 14.7. The summed E-state index contributed by atoms with van der Waals surface area (Å²) in [6.07, 6.45) is 9.37. The Labute approximate surface area is 81.4 Å². The molecule has 0 bridgehead atoms. The summed E-state index contributed by atoms with van der Waals surface area (Å²) in [5.74, 6) is 6.32. The highest BCUT2D eigenvalue weighted by Gasteiger charge is 2.65. The van der Waals surface area contributed by atoms with Crippen molar-refractivity contribution in [1.82, 2.24) is 0 Å². The number of rotatable bonds is 3. The van der Waals surface area contributed by atoms with Crippen molar-refractivity contribution < 1.29 is 0 Å². The molecule has 3 rings (SSSR count). The van der Waals surface area contributed by atoms with Crippen LogP contribution in [0.15, 0.2) is 12.2 Å². The van der Waals surface area contributed by atoms with Gasteiger partial charge < -0.3 is 0 Å². The lowest BCUT2D eigenvalue weighted by Gasteiger charge is -2.21. The van der Waals surface area contributed by atoms with Crippen molar-refractivity contribution in [2.24, 2.45) is 35.5 Å². The van der Waals surface area contributed by atoms with Gasteiger partial charge in [-0.2, -0.15) is 0 Å². The Hall–Kier alpha value is -0.260. The molecule has 3 aliphatic carbocycles. The molecule has 0 aromatic carbocycles. The van der Waals surface area contributed by atoms with E-state index in [0.29, 0.717) is 0 Å². The molecule has 6 atom stereocenters. The monoisotopic (exact) mass is 176 g/mol. The highest BCUT2D eigenvalue weighted by molar-refractivity contribution is 5.27. The largest absolute Gasteiger partial charge is 0.0845 e. The molecule has 0 N–H and O–H groups in total. The van der Waals surface area contributed by atoms with E-state index >= 15 is 0 Å². The normalized spacial score (nSPS) is 55.5. The fourth-order valence-electron chi connectivity index (χ4n) is 4.17. The predicted molar refractivity (Wildman–Crippen MR) is 55.3 cm³/mol. The summed E-state index contributed by atoms with van der Waals surface area (Å²) in [7, 11) is 0. The van der Waals surface area contributed by atoms with Crippen molar-refractivity contribution in [2.45, 2.75) is 33.1 Å². The van der Waals surface area contributed by atoms with Gasteiger partial charge in [0.1, 0.15) is 0 Å². The van der Waals surface area contributed by atoms with Gasteiger partial charge in [-0.05, 0) is 41.9 Å². The third kappa shape index (κ3) is 0.923. The minimum Gasteiger partial charge on any atom is -0.0845 e. The number of hydrogen-bond acceptors (Lipinski definition) is 0.